The number of nitrogens with two attached hydrogens (primary N) is 1. The predicted molar refractivity (Wildman–Crippen MR) is 55.5 cm³/mol. The minimum absolute atomic E-state index is 0.159. The molecule has 0 amide bonds. The SMILES string of the molecule is N[C@H]1CCCC[C@@H]1c1cc(F)c(F)cc1F. The van der Waals surface area contributed by atoms with Gasteiger partial charge in [-0.2, -0.15) is 0 Å². The van der Waals surface area contributed by atoms with Crippen molar-refractivity contribution in [2.75, 3.05) is 0 Å². The summed E-state index contributed by atoms with van der Waals surface area (Å²) in [5, 5.41) is 0. The van der Waals surface area contributed by atoms with Gasteiger partial charge in [-0.1, -0.05) is 12.8 Å². The zero-order valence-corrected chi connectivity index (χ0v) is 8.85. The Hall–Kier alpha value is -1.03. The first kappa shape index (κ1) is 11.5. The van der Waals surface area contributed by atoms with Crippen LogP contribution in [-0.4, -0.2) is 6.04 Å². The molecule has 4 heteroatoms. The smallest absolute Gasteiger partial charge is 0.161 e. The fourth-order valence-electron chi connectivity index (χ4n) is 2.37. The van der Waals surface area contributed by atoms with Crippen molar-refractivity contribution >= 4 is 0 Å². The highest BCUT2D eigenvalue weighted by molar-refractivity contribution is 5.25. The van der Waals surface area contributed by atoms with Crippen molar-refractivity contribution in [3.8, 4) is 0 Å². The van der Waals surface area contributed by atoms with Gasteiger partial charge in [-0.3, -0.25) is 0 Å². The summed E-state index contributed by atoms with van der Waals surface area (Å²) in [6, 6.07) is 1.39. The highest BCUT2D eigenvalue weighted by atomic mass is 19.2. The molecule has 16 heavy (non-hydrogen) atoms. The number of benzene rings is 1. The molecule has 1 aromatic rings. The maximum absolute atomic E-state index is 13.5. The lowest BCUT2D eigenvalue weighted by molar-refractivity contribution is 0.372. The zero-order valence-electron chi connectivity index (χ0n) is 8.85. The van der Waals surface area contributed by atoms with Gasteiger partial charge in [-0.05, 0) is 24.5 Å². The quantitative estimate of drug-likeness (QED) is 0.736. The van der Waals surface area contributed by atoms with Crippen molar-refractivity contribution in [1.29, 1.82) is 0 Å². The molecule has 0 spiro atoms. The Labute approximate surface area is 92.5 Å². The third kappa shape index (κ3) is 2.07. The molecule has 0 aliphatic heterocycles. The Morgan fingerprint density at radius 3 is 2.25 bits per heavy atom. The molecule has 2 rings (SSSR count). The van der Waals surface area contributed by atoms with E-state index in [1.54, 1.807) is 0 Å². The van der Waals surface area contributed by atoms with Gasteiger partial charge in [-0.15, -0.1) is 0 Å². The van der Waals surface area contributed by atoms with Crippen LogP contribution in [0.4, 0.5) is 13.2 Å². The summed E-state index contributed by atoms with van der Waals surface area (Å²) >= 11 is 0. The highest BCUT2D eigenvalue weighted by Crippen LogP contribution is 2.34. The van der Waals surface area contributed by atoms with Crippen molar-refractivity contribution in [2.45, 2.75) is 37.6 Å². The minimum Gasteiger partial charge on any atom is -0.327 e. The Morgan fingerprint density at radius 2 is 1.56 bits per heavy atom. The normalized spacial score (nSPS) is 25.8. The first-order valence-corrected chi connectivity index (χ1v) is 5.49. The molecule has 1 aliphatic carbocycles. The van der Waals surface area contributed by atoms with Crippen molar-refractivity contribution < 1.29 is 13.2 Å². The molecule has 2 atom stereocenters. The fourth-order valence-corrected chi connectivity index (χ4v) is 2.37. The van der Waals surface area contributed by atoms with Crippen LogP contribution in [0.25, 0.3) is 0 Å². The third-order valence-corrected chi connectivity index (χ3v) is 3.26. The van der Waals surface area contributed by atoms with Gasteiger partial charge in [0.05, 0.1) is 0 Å². The van der Waals surface area contributed by atoms with Gasteiger partial charge in [0.15, 0.2) is 11.6 Å². The molecule has 0 radical (unpaired) electrons. The zero-order chi connectivity index (χ0) is 11.7. The molecular formula is C12H14F3N. The van der Waals surface area contributed by atoms with Crippen LogP contribution >= 0.6 is 0 Å². The van der Waals surface area contributed by atoms with Crippen molar-refractivity contribution in [2.24, 2.45) is 5.73 Å². The van der Waals surface area contributed by atoms with E-state index in [9.17, 15) is 13.2 Å². The average molecular weight is 229 g/mol. The summed E-state index contributed by atoms with van der Waals surface area (Å²) in [6.45, 7) is 0. The number of hydrogen-bond acceptors (Lipinski definition) is 1. The molecule has 1 aliphatic rings. The maximum Gasteiger partial charge on any atom is 0.161 e. The predicted octanol–water partition coefficient (Wildman–Crippen LogP) is 3.09. The molecule has 1 nitrogen and oxygen atoms in total. The molecule has 2 N–H and O–H groups in total. The second kappa shape index (κ2) is 4.45. The largest absolute Gasteiger partial charge is 0.327 e. The molecule has 1 aromatic carbocycles. The van der Waals surface area contributed by atoms with Crippen LogP contribution < -0.4 is 5.73 Å². The van der Waals surface area contributed by atoms with E-state index in [0.29, 0.717) is 6.07 Å². The standard InChI is InChI=1S/C12H14F3N/c13-9-6-11(15)10(14)5-8(9)7-3-1-2-4-12(7)16/h5-7,12H,1-4,16H2/t7-,12+/m1/s1. The first-order valence-electron chi connectivity index (χ1n) is 5.49. The summed E-state index contributed by atoms with van der Waals surface area (Å²) in [7, 11) is 0. The van der Waals surface area contributed by atoms with Crippen LogP contribution in [0.5, 0.6) is 0 Å². The van der Waals surface area contributed by atoms with Crippen LogP contribution in [0.1, 0.15) is 37.2 Å². The molecule has 1 saturated carbocycles. The second-order valence-corrected chi connectivity index (χ2v) is 4.34. The van der Waals surface area contributed by atoms with Gasteiger partial charge in [0, 0.05) is 18.0 Å². The van der Waals surface area contributed by atoms with E-state index >= 15 is 0 Å². The van der Waals surface area contributed by atoms with Crippen molar-refractivity contribution in [3.05, 3.63) is 35.1 Å². The molecule has 0 saturated heterocycles. The Kier molecular flexibility index (Phi) is 3.19. The Bertz CT molecular complexity index is 392. The van der Waals surface area contributed by atoms with Gasteiger partial charge < -0.3 is 5.73 Å². The van der Waals surface area contributed by atoms with Crippen LogP contribution in [0, 0.1) is 17.5 Å². The lowest BCUT2D eigenvalue weighted by Crippen LogP contribution is -2.32. The van der Waals surface area contributed by atoms with E-state index in [0.717, 1.165) is 31.7 Å². The van der Waals surface area contributed by atoms with Crippen LogP contribution in [0.15, 0.2) is 12.1 Å². The van der Waals surface area contributed by atoms with E-state index in [-0.39, 0.29) is 17.5 Å². The van der Waals surface area contributed by atoms with E-state index in [2.05, 4.69) is 0 Å². The molecule has 0 heterocycles. The van der Waals surface area contributed by atoms with Gasteiger partial charge >= 0.3 is 0 Å². The molecule has 0 unspecified atom stereocenters. The van der Waals surface area contributed by atoms with Gasteiger partial charge in [0.1, 0.15) is 5.82 Å². The van der Waals surface area contributed by atoms with Gasteiger partial charge in [0.25, 0.3) is 0 Å². The first-order chi connectivity index (χ1) is 7.59. The van der Waals surface area contributed by atoms with E-state index in [1.807, 2.05) is 0 Å². The second-order valence-electron chi connectivity index (χ2n) is 4.34. The Morgan fingerprint density at radius 1 is 0.938 bits per heavy atom. The summed E-state index contributed by atoms with van der Waals surface area (Å²) in [5.74, 6) is -3.04. The van der Waals surface area contributed by atoms with Crippen molar-refractivity contribution in [1.82, 2.24) is 0 Å². The lowest BCUT2D eigenvalue weighted by atomic mass is 9.80. The Balaban J connectivity index is 2.35. The number of halogens is 3. The van der Waals surface area contributed by atoms with Gasteiger partial charge in [0.2, 0.25) is 0 Å². The fraction of sp³-hybridized carbons (Fsp3) is 0.500. The van der Waals surface area contributed by atoms with Crippen molar-refractivity contribution in [3.63, 3.8) is 0 Å². The summed E-state index contributed by atoms with van der Waals surface area (Å²) in [4.78, 5) is 0. The molecule has 88 valence electrons. The lowest BCUT2D eigenvalue weighted by Gasteiger charge is -2.29. The van der Waals surface area contributed by atoms with Crippen LogP contribution in [0.2, 0.25) is 0 Å². The summed E-state index contributed by atoms with van der Waals surface area (Å²) in [6.07, 6.45) is 3.52. The molecule has 1 fully saturated rings. The maximum atomic E-state index is 13.5. The summed E-state index contributed by atoms with van der Waals surface area (Å²) in [5.41, 5.74) is 6.10. The number of rotatable bonds is 1. The number of hydrogen-bond donors (Lipinski definition) is 1. The third-order valence-electron chi connectivity index (χ3n) is 3.26. The van der Waals surface area contributed by atoms with Gasteiger partial charge in [-0.25, -0.2) is 13.2 Å². The monoisotopic (exact) mass is 229 g/mol. The van der Waals surface area contributed by atoms with Crippen LogP contribution in [-0.2, 0) is 0 Å². The molecule has 0 bridgehead atoms. The van der Waals surface area contributed by atoms with E-state index in [4.69, 9.17) is 5.73 Å². The van der Waals surface area contributed by atoms with Crippen LogP contribution in [0.3, 0.4) is 0 Å². The summed E-state index contributed by atoms with van der Waals surface area (Å²) < 4.78 is 39.4. The molecular weight excluding hydrogens is 215 g/mol. The highest BCUT2D eigenvalue weighted by Gasteiger charge is 2.26. The van der Waals surface area contributed by atoms with E-state index in [1.165, 1.54) is 0 Å². The molecule has 0 aromatic heterocycles. The average Bonchev–Trinajstić information content (AvgIpc) is 2.25. The minimum atomic E-state index is -1.15. The van der Waals surface area contributed by atoms with E-state index < -0.39 is 17.5 Å². The topological polar surface area (TPSA) is 26.0 Å².